The smallest absolute Gasteiger partial charge is 0.132 e. The summed E-state index contributed by atoms with van der Waals surface area (Å²) in [4.78, 5) is 0. The summed E-state index contributed by atoms with van der Waals surface area (Å²) >= 11 is 0. The van der Waals surface area contributed by atoms with E-state index in [0.29, 0.717) is 11.5 Å². The van der Waals surface area contributed by atoms with Crippen molar-refractivity contribution in [3.8, 4) is 23.0 Å². The molecule has 3 aromatic carbocycles. The van der Waals surface area contributed by atoms with Gasteiger partial charge in [0.25, 0.3) is 0 Å². The molecule has 0 atom stereocenters. The minimum atomic E-state index is -0.526. The third-order valence-corrected chi connectivity index (χ3v) is 4.57. The molecule has 0 aliphatic carbocycles. The first-order valence-corrected chi connectivity index (χ1v) is 7.49. The van der Waals surface area contributed by atoms with Crippen LogP contribution in [0.1, 0.15) is 23.6 Å². The second-order valence-electron chi connectivity index (χ2n) is 5.95. The van der Waals surface area contributed by atoms with Crippen molar-refractivity contribution in [1.29, 1.82) is 0 Å². The van der Waals surface area contributed by atoms with Gasteiger partial charge >= 0.3 is 0 Å². The predicted octanol–water partition coefficient (Wildman–Crippen LogP) is 4.56. The zero-order valence-electron chi connectivity index (χ0n) is 12.7. The molecule has 3 aromatic rings. The molecule has 1 heterocycles. The van der Waals surface area contributed by atoms with Crippen molar-refractivity contribution in [2.24, 2.45) is 0 Å². The van der Waals surface area contributed by atoms with Crippen LogP contribution >= 0.6 is 0 Å². The Labute approximate surface area is 134 Å². The number of benzene rings is 3. The van der Waals surface area contributed by atoms with E-state index in [-0.39, 0.29) is 11.5 Å². The van der Waals surface area contributed by atoms with Gasteiger partial charge in [-0.25, -0.2) is 0 Å². The normalized spacial score (nSPS) is 14.5. The van der Waals surface area contributed by atoms with Gasteiger partial charge in [-0.05, 0) is 48.9 Å². The summed E-state index contributed by atoms with van der Waals surface area (Å²) in [6.07, 6.45) is 0. The molecule has 0 radical (unpaired) electrons. The van der Waals surface area contributed by atoms with Gasteiger partial charge in [-0.15, -0.1) is 0 Å². The van der Waals surface area contributed by atoms with Gasteiger partial charge in [0.15, 0.2) is 0 Å². The topological polar surface area (TPSA) is 49.7 Å². The minimum absolute atomic E-state index is 0.193. The largest absolute Gasteiger partial charge is 0.508 e. The monoisotopic (exact) mass is 304 g/mol. The molecule has 0 unspecified atom stereocenters. The molecule has 0 amide bonds. The Kier molecular flexibility index (Phi) is 2.85. The van der Waals surface area contributed by atoms with Gasteiger partial charge in [0.1, 0.15) is 23.0 Å². The van der Waals surface area contributed by atoms with Crippen LogP contribution in [0.5, 0.6) is 23.0 Å². The van der Waals surface area contributed by atoms with Gasteiger partial charge in [-0.2, -0.15) is 0 Å². The van der Waals surface area contributed by atoms with Crippen molar-refractivity contribution in [2.75, 3.05) is 0 Å². The summed E-state index contributed by atoms with van der Waals surface area (Å²) in [5.74, 6) is 1.82. The molecule has 2 N–H and O–H groups in total. The highest BCUT2D eigenvalue weighted by Crippen LogP contribution is 2.52. The maximum Gasteiger partial charge on any atom is 0.132 e. The number of rotatable bonds is 1. The highest BCUT2D eigenvalue weighted by Gasteiger charge is 2.40. The Morgan fingerprint density at radius 1 is 0.739 bits per heavy atom. The predicted molar refractivity (Wildman–Crippen MR) is 88.3 cm³/mol. The van der Waals surface area contributed by atoms with Crippen LogP contribution in [0, 0.1) is 0 Å². The Morgan fingerprint density at radius 3 is 1.78 bits per heavy atom. The van der Waals surface area contributed by atoms with Crippen molar-refractivity contribution >= 4 is 0 Å². The average Bonchev–Trinajstić information content (AvgIpc) is 2.57. The van der Waals surface area contributed by atoms with E-state index in [2.05, 4.69) is 6.92 Å². The fourth-order valence-corrected chi connectivity index (χ4v) is 3.34. The number of phenolic OH excluding ortho intramolecular Hbond substituents is 2. The molecule has 3 heteroatoms. The van der Waals surface area contributed by atoms with E-state index >= 15 is 0 Å². The molecular formula is C20H16O3. The van der Waals surface area contributed by atoms with Gasteiger partial charge in [-0.1, -0.05) is 30.3 Å². The first-order valence-electron chi connectivity index (χ1n) is 7.49. The summed E-state index contributed by atoms with van der Waals surface area (Å²) in [6, 6.07) is 20.3. The molecule has 1 aliphatic heterocycles. The SMILES string of the molecule is CC1(c2ccccc2)c2cc(O)ccc2Oc2ccc(O)cc21. The van der Waals surface area contributed by atoms with E-state index in [0.717, 1.165) is 16.7 Å². The van der Waals surface area contributed by atoms with Crippen LogP contribution in [-0.4, -0.2) is 10.2 Å². The van der Waals surface area contributed by atoms with E-state index in [4.69, 9.17) is 4.74 Å². The summed E-state index contributed by atoms with van der Waals surface area (Å²) < 4.78 is 5.98. The van der Waals surface area contributed by atoms with Gasteiger partial charge in [0.05, 0.1) is 0 Å². The lowest BCUT2D eigenvalue weighted by Crippen LogP contribution is -2.29. The Balaban J connectivity index is 2.08. The lowest BCUT2D eigenvalue weighted by molar-refractivity contribution is 0.414. The number of ether oxygens (including phenoxy) is 1. The molecule has 0 spiro atoms. The van der Waals surface area contributed by atoms with Gasteiger partial charge in [-0.3, -0.25) is 0 Å². The molecule has 3 nitrogen and oxygen atoms in total. The maximum atomic E-state index is 9.96. The first kappa shape index (κ1) is 13.7. The Morgan fingerprint density at radius 2 is 1.26 bits per heavy atom. The van der Waals surface area contributed by atoms with Crippen molar-refractivity contribution in [2.45, 2.75) is 12.3 Å². The second-order valence-corrected chi connectivity index (χ2v) is 5.95. The van der Waals surface area contributed by atoms with Crippen LogP contribution in [-0.2, 0) is 5.41 Å². The van der Waals surface area contributed by atoms with Crippen LogP contribution < -0.4 is 4.74 Å². The standard InChI is InChI=1S/C20H16O3/c1-20(13-5-3-2-4-6-13)16-11-14(21)7-9-18(16)23-19-10-8-15(22)12-17(19)20/h2-12,21-22H,1H3. The first-order chi connectivity index (χ1) is 11.1. The molecule has 4 rings (SSSR count). The molecule has 0 aromatic heterocycles. The highest BCUT2D eigenvalue weighted by atomic mass is 16.5. The quantitative estimate of drug-likeness (QED) is 0.693. The van der Waals surface area contributed by atoms with Crippen LogP contribution in [0.3, 0.4) is 0 Å². The maximum absolute atomic E-state index is 9.96. The van der Waals surface area contributed by atoms with E-state index < -0.39 is 5.41 Å². The molecular weight excluding hydrogens is 288 g/mol. The van der Waals surface area contributed by atoms with Crippen LogP contribution in [0.4, 0.5) is 0 Å². The number of hydrogen-bond acceptors (Lipinski definition) is 3. The average molecular weight is 304 g/mol. The van der Waals surface area contributed by atoms with Gasteiger partial charge in [0, 0.05) is 16.5 Å². The molecule has 0 saturated heterocycles. The number of fused-ring (bicyclic) bond motifs is 2. The molecule has 0 fully saturated rings. The zero-order valence-corrected chi connectivity index (χ0v) is 12.7. The number of aromatic hydroxyl groups is 2. The summed E-state index contributed by atoms with van der Waals surface area (Å²) in [5, 5.41) is 19.9. The molecule has 0 bridgehead atoms. The second kappa shape index (κ2) is 4.78. The highest BCUT2D eigenvalue weighted by molar-refractivity contribution is 5.64. The molecule has 0 saturated carbocycles. The van der Waals surface area contributed by atoms with Gasteiger partial charge < -0.3 is 14.9 Å². The van der Waals surface area contributed by atoms with Crippen molar-refractivity contribution < 1.29 is 14.9 Å². The summed E-state index contributed by atoms with van der Waals surface area (Å²) in [5.41, 5.74) is 2.30. The Bertz CT molecular complexity index is 833. The van der Waals surface area contributed by atoms with Gasteiger partial charge in [0.2, 0.25) is 0 Å². The fourth-order valence-electron chi connectivity index (χ4n) is 3.34. The number of phenols is 2. The summed E-state index contributed by atoms with van der Waals surface area (Å²) in [7, 11) is 0. The molecule has 114 valence electrons. The number of hydrogen-bond donors (Lipinski definition) is 2. The fraction of sp³-hybridized carbons (Fsp3) is 0.100. The Hall–Kier alpha value is -2.94. The molecule has 23 heavy (non-hydrogen) atoms. The third kappa shape index (κ3) is 1.97. The van der Waals surface area contributed by atoms with E-state index in [1.54, 1.807) is 36.4 Å². The van der Waals surface area contributed by atoms with E-state index in [1.807, 2.05) is 30.3 Å². The minimum Gasteiger partial charge on any atom is -0.508 e. The van der Waals surface area contributed by atoms with Crippen molar-refractivity contribution in [1.82, 2.24) is 0 Å². The third-order valence-electron chi connectivity index (χ3n) is 4.57. The summed E-state index contributed by atoms with van der Waals surface area (Å²) in [6.45, 7) is 2.08. The van der Waals surface area contributed by atoms with E-state index in [1.165, 1.54) is 0 Å². The van der Waals surface area contributed by atoms with Crippen molar-refractivity contribution in [3.63, 3.8) is 0 Å². The lowest BCUT2D eigenvalue weighted by Gasteiger charge is -2.38. The lowest BCUT2D eigenvalue weighted by atomic mass is 9.69. The molecule has 1 aliphatic rings. The van der Waals surface area contributed by atoms with Crippen molar-refractivity contribution in [3.05, 3.63) is 83.4 Å². The van der Waals surface area contributed by atoms with Crippen LogP contribution in [0.2, 0.25) is 0 Å². The van der Waals surface area contributed by atoms with Crippen LogP contribution in [0.25, 0.3) is 0 Å². The zero-order chi connectivity index (χ0) is 16.0. The van der Waals surface area contributed by atoms with E-state index in [9.17, 15) is 10.2 Å². The van der Waals surface area contributed by atoms with Crippen LogP contribution in [0.15, 0.2) is 66.7 Å².